The summed E-state index contributed by atoms with van der Waals surface area (Å²) in [7, 11) is 0. The summed E-state index contributed by atoms with van der Waals surface area (Å²) in [6.07, 6.45) is 1.49. The third kappa shape index (κ3) is 7.63. The molecule has 0 heterocycles. The van der Waals surface area contributed by atoms with E-state index < -0.39 is 0 Å². The molecule has 0 saturated carbocycles. The van der Waals surface area contributed by atoms with Crippen molar-refractivity contribution < 1.29 is 5.11 Å². The van der Waals surface area contributed by atoms with Crippen LogP contribution in [0.2, 0.25) is 0 Å². The minimum atomic E-state index is 0.229. The van der Waals surface area contributed by atoms with Crippen LogP contribution in [0.3, 0.4) is 0 Å². The number of nitrogens with one attached hydrogen (secondary N) is 3. The molecule has 0 aliphatic heterocycles. The summed E-state index contributed by atoms with van der Waals surface area (Å²) >= 11 is 15.7. The molecule has 1 rings (SSSR count). The van der Waals surface area contributed by atoms with Gasteiger partial charge in [-0.1, -0.05) is 36.7 Å². The third-order valence-corrected chi connectivity index (χ3v) is 3.89. The number of benzene rings is 1. The van der Waals surface area contributed by atoms with Gasteiger partial charge in [-0.25, -0.2) is 0 Å². The average molecular weight is 356 g/mol. The Hall–Kier alpha value is -1.31. The van der Waals surface area contributed by atoms with Crippen LogP contribution in [-0.2, 0) is 0 Å². The highest BCUT2D eigenvalue weighted by Crippen LogP contribution is 2.09. The lowest BCUT2D eigenvalue weighted by molar-refractivity contribution is 0.475. The van der Waals surface area contributed by atoms with Gasteiger partial charge < -0.3 is 21.1 Å². The van der Waals surface area contributed by atoms with Gasteiger partial charge in [0.15, 0.2) is 0 Å². The Morgan fingerprint density at radius 1 is 0.909 bits per heavy atom. The average Bonchev–Trinajstić information content (AvgIpc) is 2.48. The topological polar surface area (TPSA) is 56.3 Å². The number of hydrogen-bond acceptors (Lipinski definition) is 4. The van der Waals surface area contributed by atoms with Crippen LogP contribution in [0.5, 0.6) is 5.75 Å². The van der Waals surface area contributed by atoms with E-state index in [-0.39, 0.29) is 5.75 Å². The molecule has 0 fully saturated rings. The smallest absolute Gasteiger partial charge is 0.115 e. The second-order valence-corrected chi connectivity index (χ2v) is 6.00. The van der Waals surface area contributed by atoms with Gasteiger partial charge in [-0.2, -0.15) is 0 Å². The van der Waals surface area contributed by atoms with Gasteiger partial charge in [-0.15, -0.1) is 0 Å². The molecular formula is C15H21N3OS3. The van der Waals surface area contributed by atoms with Crippen molar-refractivity contribution in [1.82, 2.24) is 16.0 Å². The number of aromatic hydroxyl groups is 1. The van der Waals surface area contributed by atoms with Gasteiger partial charge in [-0.3, -0.25) is 0 Å². The number of phenolic OH excluding ortho intramolecular Hbond substituents is 1. The van der Waals surface area contributed by atoms with Gasteiger partial charge in [0.2, 0.25) is 0 Å². The lowest BCUT2D eigenvalue weighted by Gasteiger charge is -2.11. The van der Waals surface area contributed by atoms with E-state index in [0.717, 1.165) is 35.1 Å². The quantitative estimate of drug-likeness (QED) is 0.534. The molecule has 0 amide bonds. The minimum absolute atomic E-state index is 0.229. The summed E-state index contributed by atoms with van der Waals surface area (Å²) in [6, 6.07) is 6.79. The van der Waals surface area contributed by atoms with Crippen molar-refractivity contribution in [2.75, 3.05) is 19.6 Å². The summed E-state index contributed by atoms with van der Waals surface area (Å²) < 4.78 is 0. The van der Waals surface area contributed by atoms with Gasteiger partial charge in [0, 0.05) is 38.0 Å². The normalized spacial score (nSPS) is 9.86. The molecule has 0 unspecified atom stereocenters. The SMILES string of the molecule is CCNC(=S)CCNC(=S)CCNC(=S)c1ccc(O)cc1. The van der Waals surface area contributed by atoms with Crippen molar-refractivity contribution in [3.05, 3.63) is 29.8 Å². The van der Waals surface area contributed by atoms with E-state index >= 15 is 0 Å². The Morgan fingerprint density at radius 2 is 1.45 bits per heavy atom. The van der Waals surface area contributed by atoms with Gasteiger partial charge >= 0.3 is 0 Å². The summed E-state index contributed by atoms with van der Waals surface area (Å²) in [4.78, 5) is 2.29. The lowest BCUT2D eigenvalue weighted by Crippen LogP contribution is -2.31. The third-order valence-electron chi connectivity index (χ3n) is 2.82. The molecule has 4 N–H and O–H groups in total. The number of rotatable bonds is 8. The zero-order valence-corrected chi connectivity index (χ0v) is 15.0. The Bertz CT molecular complexity index is 517. The van der Waals surface area contributed by atoms with Crippen LogP contribution in [0.15, 0.2) is 24.3 Å². The second kappa shape index (κ2) is 10.4. The molecule has 1 aromatic carbocycles. The van der Waals surface area contributed by atoms with E-state index in [2.05, 4.69) is 16.0 Å². The van der Waals surface area contributed by atoms with Crippen LogP contribution < -0.4 is 16.0 Å². The van der Waals surface area contributed by atoms with E-state index in [1.165, 1.54) is 0 Å². The summed E-state index contributed by atoms with van der Waals surface area (Å²) in [5.74, 6) is 0.229. The van der Waals surface area contributed by atoms with Crippen molar-refractivity contribution >= 4 is 51.6 Å². The van der Waals surface area contributed by atoms with E-state index in [0.29, 0.717) is 18.0 Å². The maximum atomic E-state index is 9.24. The van der Waals surface area contributed by atoms with Gasteiger partial charge in [0.05, 0.1) is 9.98 Å². The van der Waals surface area contributed by atoms with E-state index in [1.54, 1.807) is 24.3 Å². The molecule has 4 nitrogen and oxygen atoms in total. The largest absolute Gasteiger partial charge is 0.508 e. The first kappa shape index (κ1) is 18.7. The molecule has 0 bridgehead atoms. The molecular weight excluding hydrogens is 334 g/mol. The van der Waals surface area contributed by atoms with Crippen molar-refractivity contribution in [1.29, 1.82) is 0 Å². The Labute approximate surface area is 147 Å². The molecule has 0 aromatic heterocycles. The molecule has 0 aliphatic rings. The van der Waals surface area contributed by atoms with Crippen molar-refractivity contribution in [3.63, 3.8) is 0 Å². The molecule has 120 valence electrons. The molecule has 0 spiro atoms. The van der Waals surface area contributed by atoms with Crippen molar-refractivity contribution in [2.24, 2.45) is 0 Å². The maximum absolute atomic E-state index is 9.24. The van der Waals surface area contributed by atoms with Crippen LogP contribution in [0.25, 0.3) is 0 Å². The van der Waals surface area contributed by atoms with Crippen LogP contribution >= 0.6 is 36.7 Å². The molecule has 0 saturated heterocycles. The first-order chi connectivity index (χ1) is 10.5. The molecule has 22 heavy (non-hydrogen) atoms. The molecule has 0 atom stereocenters. The monoisotopic (exact) mass is 355 g/mol. The Morgan fingerprint density at radius 3 is 2.05 bits per heavy atom. The van der Waals surface area contributed by atoms with Crippen LogP contribution in [-0.4, -0.2) is 39.7 Å². The predicted octanol–water partition coefficient (Wildman–Crippen LogP) is 2.29. The lowest BCUT2D eigenvalue weighted by atomic mass is 10.2. The van der Waals surface area contributed by atoms with E-state index in [9.17, 15) is 5.11 Å². The Balaban J connectivity index is 2.18. The minimum Gasteiger partial charge on any atom is -0.508 e. The van der Waals surface area contributed by atoms with Crippen LogP contribution in [0, 0.1) is 0 Å². The fourth-order valence-electron chi connectivity index (χ4n) is 1.69. The van der Waals surface area contributed by atoms with Gasteiger partial charge in [0.1, 0.15) is 10.7 Å². The highest BCUT2D eigenvalue weighted by atomic mass is 32.1. The molecule has 1 aromatic rings. The van der Waals surface area contributed by atoms with E-state index in [1.807, 2.05) is 6.92 Å². The zero-order chi connectivity index (χ0) is 16.4. The van der Waals surface area contributed by atoms with E-state index in [4.69, 9.17) is 36.7 Å². The standard InChI is InChI=1S/C15H21N3OS3/c1-2-16-13(20)7-9-17-14(21)8-10-18-15(22)11-3-5-12(19)6-4-11/h3-6,19H,2,7-10H2,1H3,(H,16,20)(H,17,21)(H,18,22). The second-order valence-electron chi connectivity index (χ2n) is 4.61. The highest BCUT2D eigenvalue weighted by Gasteiger charge is 2.02. The number of phenols is 1. The maximum Gasteiger partial charge on any atom is 0.115 e. The van der Waals surface area contributed by atoms with Gasteiger partial charge in [0.25, 0.3) is 0 Å². The summed E-state index contributed by atoms with van der Waals surface area (Å²) in [5, 5.41) is 18.7. The van der Waals surface area contributed by atoms with Gasteiger partial charge in [-0.05, 0) is 31.2 Å². The van der Waals surface area contributed by atoms with Crippen molar-refractivity contribution in [2.45, 2.75) is 19.8 Å². The first-order valence-corrected chi connectivity index (χ1v) is 8.36. The summed E-state index contributed by atoms with van der Waals surface area (Å²) in [5.41, 5.74) is 0.877. The molecule has 7 heteroatoms. The fraction of sp³-hybridized carbons (Fsp3) is 0.400. The Kier molecular flexibility index (Phi) is 8.88. The number of hydrogen-bond donors (Lipinski definition) is 4. The zero-order valence-electron chi connectivity index (χ0n) is 12.5. The molecule has 0 aliphatic carbocycles. The van der Waals surface area contributed by atoms with Crippen LogP contribution in [0.1, 0.15) is 25.3 Å². The van der Waals surface area contributed by atoms with Crippen molar-refractivity contribution in [3.8, 4) is 5.75 Å². The van der Waals surface area contributed by atoms with Crippen LogP contribution in [0.4, 0.5) is 0 Å². The first-order valence-electron chi connectivity index (χ1n) is 7.13. The fourth-order valence-corrected chi connectivity index (χ4v) is 2.38. The highest BCUT2D eigenvalue weighted by molar-refractivity contribution is 7.81. The summed E-state index contributed by atoms with van der Waals surface area (Å²) in [6.45, 7) is 4.28. The predicted molar refractivity (Wildman–Crippen MR) is 104 cm³/mol. The molecule has 0 radical (unpaired) electrons. The number of thiocarbonyl (C=S) groups is 3.